The number of pyridine rings is 1. The van der Waals surface area contributed by atoms with Gasteiger partial charge in [-0.3, -0.25) is 4.98 Å². The van der Waals surface area contributed by atoms with Crippen molar-refractivity contribution in [1.82, 2.24) is 4.98 Å². The molecule has 1 saturated heterocycles. The fourth-order valence-corrected chi connectivity index (χ4v) is 2.20. The Morgan fingerprint density at radius 3 is 2.38 bits per heavy atom. The fourth-order valence-electron chi connectivity index (χ4n) is 2.20. The van der Waals surface area contributed by atoms with Gasteiger partial charge in [-0.2, -0.15) is 0 Å². The molecule has 2 fully saturated rings. The maximum atomic E-state index is 6.04. The van der Waals surface area contributed by atoms with Crippen molar-refractivity contribution in [3.8, 4) is 5.75 Å². The summed E-state index contributed by atoms with van der Waals surface area (Å²) in [6, 6.07) is 1.92. The Morgan fingerprint density at radius 1 is 1.24 bits per heavy atom. The minimum atomic E-state index is -0.456. The van der Waals surface area contributed by atoms with Gasteiger partial charge in [-0.15, -0.1) is 0 Å². The van der Waals surface area contributed by atoms with Crippen molar-refractivity contribution in [2.24, 2.45) is 0 Å². The summed E-state index contributed by atoms with van der Waals surface area (Å²) in [5, 5.41) is 3.11. The summed E-state index contributed by atoms with van der Waals surface area (Å²) < 4.78 is 18.0. The minimum Gasteiger partial charge on any atom is -0.488 e. The molecule has 5 nitrogen and oxygen atoms in total. The smallest absolute Gasteiger partial charge is 0.488 e. The molecule has 6 heteroatoms. The molecule has 2 aliphatic rings. The number of nitrogens with one attached hydrogen (secondary N) is 1. The van der Waals surface area contributed by atoms with Gasteiger partial charge in [0.25, 0.3) is 0 Å². The first kappa shape index (κ1) is 14.7. The molecular weight excluding hydrogens is 267 g/mol. The average Bonchev–Trinajstić information content (AvgIpc) is 3.17. The second-order valence-electron chi connectivity index (χ2n) is 6.76. The van der Waals surface area contributed by atoms with Gasteiger partial charge in [-0.1, -0.05) is 0 Å². The van der Waals surface area contributed by atoms with Gasteiger partial charge in [-0.25, -0.2) is 0 Å². The van der Waals surface area contributed by atoms with Crippen LogP contribution in [0.2, 0.25) is 0 Å². The van der Waals surface area contributed by atoms with Crippen LogP contribution in [0.25, 0.3) is 0 Å². The van der Waals surface area contributed by atoms with E-state index in [4.69, 9.17) is 14.0 Å². The quantitative estimate of drug-likeness (QED) is 0.859. The van der Waals surface area contributed by atoms with Crippen LogP contribution in [0, 0.1) is 0 Å². The Hall–Kier alpha value is -1.27. The number of anilines is 1. The van der Waals surface area contributed by atoms with E-state index in [1.807, 2.05) is 40.8 Å². The van der Waals surface area contributed by atoms with E-state index in [0.717, 1.165) is 29.9 Å². The number of nitrogens with zero attached hydrogens (tertiary/aromatic N) is 1. The SMILES string of the molecule is CNc1cnc(B2OC(C)(C)C(C)(C)O2)cc1OC1CC1. The van der Waals surface area contributed by atoms with Crippen LogP contribution in [0.1, 0.15) is 40.5 Å². The first-order valence-electron chi connectivity index (χ1n) is 7.52. The lowest BCUT2D eigenvalue weighted by Crippen LogP contribution is -2.41. The zero-order valence-electron chi connectivity index (χ0n) is 13.4. The van der Waals surface area contributed by atoms with Crippen molar-refractivity contribution in [2.75, 3.05) is 12.4 Å². The van der Waals surface area contributed by atoms with E-state index in [9.17, 15) is 0 Å². The number of rotatable bonds is 4. The van der Waals surface area contributed by atoms with Crippen LogP contribution >= 0.6 is 0 Å². The van der Waals surface area contributed by atoms with E-state index < -0.39 is 7.12 Å². The Bertz CT molecular complexity index is 528. The van der Waals surface area contributed by atoms with E-state index in [-0.39, 0.29) is 11.2 Å². The molecule has 1 N–H and O–H groups in total. The molecule has 0 radical (unpaired) electrons. The Labute approximate surface area is 126 Å². The number of ether oxygens (including phenoxy) is 1. The van der Waals surface area contributed by atoms with E-state index in [1.165, 1.54) is 0 Å². The molecule has 1 aliphatic carbocycles. The third kappa shape index (κ3) is 2.74. The highest BCUT2D eigenvalue weighted by Crippen LogP contribution is 2.37. The van der Waals surface area contributed by atoms with Crippen LogP contribution in [-0.2, 0) is 9.31 Å². The molecule has 3 rings (SSSR count). The van der Waals surface area contributed by atoms with Crippen molar-refractivity contribution in [1.29, 1.82) is 0 Å². The molecule has 21 heavy (non-hydrogen) atoms. The summed E-state index contributed by atoms with van der Waals surface area (Å²) in [5.41, 5.74) is 0.919. The summed E-state index contributed by atoms with van der Waals surface area (Å²) in [4.78, 5) is 4.46. The summed E-state index contributed by atoms with van der Waals surface area (Å²) >= 11 is 0. The summed E-state index contributed by atoms with van der Waals surface area (Å²) in [7, 11) is 1.41. The maximum absolute atomic E-state index is 6.04. The molecule has 1 aromatic heterocycles. The van der Waals surface area contributed by atoms with Gasteiger partial charge in [0.2, 0.25) is 0 Å². The van der Waals surface area contributed by atoms with Gasteiger partial charge in [0.1, 0.15) is 5.75 Å². The second kappa shape index (κ2) is 4.88. The van der Waals surface area contributed by atoms with Gasteiger partial charge >= 0.3 is 7.12 Å². The first-order chi connectivity index (χ1) is 9.82. The van der Waals surface area contributed by atoms with Crippen LogP contribution in [0.15, 0.2) is 12.3 Å². The van der Waals surface area contributed by atoms with Crippen molar-refractivity contribution in [2.45, 2.75) is 57.8 Å². The maximum Gasteiger partial charge on any atom is 0.514 e. The number of aromatic nitrogens is 1. The highest BCUT2D eigenvalue weighted by molar-refractivity contribution is 6.61. The largest absolute Gasteiger partial charge is 0.514 e. The molecule has 114 valence electrons. The van der Waals surface area contributed by atoms with Crippen molar-refractivity contribution in [3.05, 3.63) is 12.3 Å². The second-order valence-corrected chi connectivity index (χ2v) is 6.76. The molecular formula is C15H23BN2O3. The fraction of sp³-hybridized carbons (Fsp3) is 0.667. The zero-order valence-corrected chi connectivity index (χ0v) is 13.4. The summed E-state index contributed by atoms with van der Waals surface area (Å²) in [6.45, 7) is 8.15. The van der Waals surface area contributed by atoms with Gasteiger partial charge in [0.15, 0.2) is 0 Å². The summed E-state index contributed by atoms with van der Waals surface area (Å²) in [5.74, 6) is 0.819. The lowest BCUT2D eigenvalue weighted by molar-refractivity contribution is 0.00578. The number of hydrogen-bond donors (Lipinski definition) is 1. The lowest BCUT2D eigenvalue weighted by Gasteiger charge is -2.32. The predicted octanol–water partition coefficient (Wildman–Crippen LogP) is 1.96. The standard InChI is InChI=1S/C15H23BN2O3/c1-14(2)15(3,4)21-16(20-14)13-8-12(19-10-6-7-10)11(17-5)9-18-13/h8-10,17H,6-7H2,1-5H3. The van der Waals surface area contributed by atoms with Crippen molar-refractivity contribution in [3.63, 3.8) is 0 Å². The highest BCUT2D eigenvalue weighted by Gasteiger charge is 2.52. The van der Waals surface area contributed by atoms with Crippen molar-refractivity contribution < 1.29 is 14.0 Å². The molecule has 2 heterocycles. The van der Waals surface area contributed by atoms with Gasteiger partial charge in [-0.05, 0) is 40.5 Å². The van der Waals surface area contributed by atoms with Crippen LogP contribution in [0.3, 0.4) is 0 Å². The molecule has 1 saturated carbocycles. The van der Waals surface area contributed by atoms with Gasteiger partial charge in [0, 0.05) is 13.1 Å². The third-order valence-corrected chi connectivity index (χ3v) is 4.47. The van der Waals surface area contributed by atoms with E-state index >= 15 is 0 Å². The topological polar surface area (TPSA) is 52.6 Å². The lowest BCUT2D eigenvalue weighted by atomic mass is 9.84. The number of hydrogen-bond acceptors (Lipinski definition) is 5. The average molecular weight is 290 g/mol. The molecule has 0 atom stereocenters. The van der Waals surface area contributed by atoms with E-state index in [1.54, 1.807) is 6.20 Å². The molecule has 1 aliphatic heterocycles. The summed E-state index contributed by atoms with van der Waals surface area (Å²) in [6.07, 6.45) is 4.36. The van der Waals surface area contributed by atoms with Crippen LogP contribution in [0.5, 0.6) is 5.75 Å². The van der Waals surface area contributed by atoms with Gasteiger partial charge < -0.3 is 19.4 Å². The monoisotopic (exact) mass is 290 g/mol. The normalized spacial score (nSPS) is 23.2. The molecule has 1 aromatic rings. The molecule has 0 spiro atoms. The molecule has 0 bridgehead atoms. The Morgan fingerprint density at radius 2 is 1.86 bits per heavy atom. The third-order valence-electron chi connectivity index (χ3n) is 4.47. The van der Waals surface area contributed by atoms with E-state index in [2.05, 4.69) is 10.3 Å². The van der Waals surface area contributed by atoms with Gasteiger partial charge in [0.05, 0.1) is 34.8 Å². The van der Waals surface area contributed by atoms with Crippen LogP contribution < -0.4 is 15.6 Å². The Kier molecular flexibility index (Phi) is 3.41. The zero-order chi connectivity index (χ0) is 15.3. The minimum absolute atomic E-state index is 0.339. The highest BCUT2D eigenvalue weighted by atomic mass is 16.7. The van der Waals surface area contributed by atoms with Crippen LogP contribution in [0.4, 0.5) is 5.69 Å². The molecule has 0 amide bonds. The molecule has 0 unspecified atom stereocenters. The Balaban J connectivity index is 1.86. The van der Waals surface area contributed by atoms with Crippen molar-refractivity contribution >= 4 is 18.4 Å². The molecule has 0 aromatic carbocycles. The predicted molar refractivity (Wildman–Crippen MR) is 83.1 cm³/mol. The van der Waals surface area contributed by atoms with Crippen LogP contribution in [-0.4, -0.2) is 36.5 Å². The first-order valence-corrected chi connectivity index (χ1v) is 7.52. The van der Waals surface area contributed by atoms with E-state index in [0.29, 0.717) is 6.10 Å².